The Hall–Kier alpha value is -1.71. The summed E-state index contributed by atoms with van der Waals surface area (Å²) in [6, 6.07) is 7.95. The number of rotatable bonds is 5. The quantitative estimate of drug-likeness (QED) is 0.913. The molecule has 6 heteroatoms. The maximum atomic E-state index is 8.81. The van der Waals surface area contributed by atoms with Crippen molar-refractivity contribution in [2.45, 2.75) is 20.4 Å². The average molecular weight is 334 g/mol. The molecule has 0 spiro atoms. The molecule has 0 fully saturated rings. The van der Waals surface area contributed by atoms with Gasteiger partial charge >= 0.3 is 0 Å². The Morgan fingerprint density at radius 2 is 2.25 bits per heavy atom. The Morgan fingerprint density at radius 3 is 2.90 bits per heavy atom. The van der Waals surface area contributed by atoms with Crippen molar-refractivity contribution < 1.29 is 0 Å². The zero-order chi connectivity index (χ0) is 14.5. The molecule has 0 amide bonds. The van der Waals surface area contributed by atoms with E-state index in [2.05, 4.69) is 45.2 Å². The van der Waals surface area contributed by atoms with Gasteiger partial charge in [0.05, 0.1) is 5.69 Å². The minimum absolute atomic E-state index is 0.172. The van der Waals surface area contributed by atoms with E-state index in [1.54, 1.807) is 11.0 Å². The largest absolute Gasteiger partial charge is 0.312 e. The molecule has 0 unspecified atom stereocenters. The lowest BCUT2D eigenvalue weighted by Gasteiger charge is -2.12. The minimum Gasteiger partial charge on any atom is -0.312 e. The molecule has 1 aromatic heterocycles. The van der Waals surface area contributed by atoms with Crippen molar-refractivity contribution in [2.75, 3.05) is 6.54 Å². The van der Waals surface area contributed by atoms with E-state index in [1.165, 1.54) is 0 Å². The number of hydrogen-bond acceptors (Lipinski definition) is 4. The van der Waals surface area contributed by atoms with Crippen LogP contribution in [0.5, 0.6) is 0 Å². The van der Waals surface area contributed by atoms with Gasteiger partial charge in [-0.3, -0.25) is 0 Å². The van der Waals surface area contributed by atoms with E-state index in [9.17, 15) is 0 Å². The molecule has 2 aromatic rings. The summed E-state index contributed by atoms with van der Waals surface area (Å²) < 4.78 is 2.60. The first-order valence-electron chi connectivity index (χ1n) is 6.41. The highest BCUT2D eigenvalue weighted by Gasteiger charge is 2.08. The molecule has 1 aromatic carbocycles. The van der Waals surface area contributed by atoms with E-state index < -0.39 is 0 Å². The van der Waals surface area contributed by atoms with Crippen LogP contribution in [0.1, 0.15) is 25.2 Å². The second-order valence-electron chi connectivity index (χ2n) is 4.92. The first kappa shape index (κ1) is 14.7. The molecule has 0 radical (unpaired) electrons. The van der Waals surface area contributed by atoms with Crippen LogP contribution < -0.4 is 5.32 Å². The van der Waals surface area contributed by atoms with Gasteiger partial charge in [0, 0.05) is 11.0 Å². The van der Waals surface area contributed by atoms with E-state index in [0.29, 0.717) is 5.92 Å². The highest BCUT2D eigenvalue weighted by atomic mass is 79.9. The van der Waals surface area contributed by atoms with Gasteiger partial charge in [-0.25, -0.2) is 9.67 Å². The fourth-order valence-corrected chi connectivity index (χ4v) is 2.17. The van der Waals surface area contributed by atoms with Gasteiger partial charge in [0.1, 0.15) is 12.4 Å². The second-order valence-corrected chi connectivity index (χ2v) is 5.84. The molecule has 0 aliphatic heterocycles. The van der Waals surface area contributed by atoms with E-state index in [1.807, 2.05) is 24.3 Å². The fourth-order valence-electron chi connectivity index (χ4n) is 1.83. The second kappa shape index (κ2) is 6.64. The summed E-state index contributed by atoms with van der Waals surface area (Å²) in [6.07, 6.45) is 1.56. The normalized spacial score (nSPS) is 10.8. The van der Waals surface area contributed by atoms with Crippen LogP contribution in [-0.2, 0) is 6.54 Å². The van der Waals surface area contributed by atoms with Gasteiger partial charge in [0.2, 0.25) is 0 Å². The number of nitrogens with one attached hydrogen (secondary N) is 1. The summed E-state index contributed by atoms with van der Waals surface area (Å²) in [6.45, 7) is 6.05. The predicted molar refractivity (Wildman–Crippen MR) is 80.3 cm³/mol. The van der Waals surface area contributed by atoms with E-state index in [0.717, 1.165) is 28.8 Å². The molecule has 0 atom stereocenters. The number of benzene rings is 1. The van der Waals surface area contributed by atoms with Gasteiger partial charge in [0.15, 0.2) is 0 Å². The van der Waals surface area contributed by atoms with Crippen molar-refractivity contribution in [1.82, 2.24) is 20.1 Å². The van der Waals surface area contributed by atoms with Gasteiger partial charge in [-0.1, -0.05) is 35.8 Å². The van der Waals surface area contributed by atoms with Crippen LogP contribution in [0.3, 0.4) is 0 Å². The Labute approximate surface area is 126 Å². The SMILES string of the molecule is CC(C)CNCc1ccc(Br)cc1-n1cnc(C#N)n1. The third kappa shape index (κ3) is 3.65. The van der Waals surface area contributed by atoms with Crippen LogP contribution in [-0.4, -0.2) is 21.3 Å². The van der Waals surface area contributed by atoms with Gasteiger partial charge < -0.3 is 5.32 Å². The van der Waals surface area contributed by atoms with Crippen LogP contribution >= 0.6 is 15.9 Å². The fraction of sp³-hybridized carbons (Fsp3) is 0.357. The Morgan fingerprint density at radius 1 is 1.45 bits per heavy atom. The maximum absolute atomic E-state index is 8.81. The lowest BCUT2D eigenvalue weighted by Crippen LogP contribution is -2.20. The zero-order valence-corrected chi connectivity index (χ0v) is 13.1. The van der Waals surface area contributed by atoms with Gasteiger partial charge in [-0.15, -0.1) is 5.10 Å². The van der Waals surface area contributed by atoms with Crippen molar-refractivity contribution in [1.29, 1.82) is 5.26 Å². The molecule has 1 heterocycles. The van der Waals surface area contributed by atoms with Crippen LogP contribution in [0, 0.1) is 17.2 Å². The Kier molecular flexibility index (Phi) is 4.88. The third-order valence-corrected chi connectivity index (χ3v) is 3.25. The van der Waals surface area contributed by atoms with Crippen molar-refractivity contribution in [3.05, 3.63) is 40.4 Å². The van der Waals surface area contributed by atoms with Crippen LogP contribution in [0.25, 0.3) is 5.69 Å². The van der Waals surface area contributed by atoms with Crippen LogP contribution in [0.2, 0.25) is 0 Å². The maximum Gasteiger partial charge on any atom is 0.252 e. The van der Waals surface area contributed by atoms with Crippen molar-refractivity contribution in [3.63, 3.8) is 0 Å². The highest BCUT2D eigenvalue weighted by Crippen LogP contribution is 2.20. The van der Waals surface area contributed by atoms with E-state index in [-0.39, 0.29) is 5.82 Å². The molecule has 5 nitrogen and oxygen atoms in total. The molecule has 1 N–H and O–H groups in total. The molecular weight excluding hydrogens is 318 g/mol. The highest BCUT2D eigenvalue weighted by molar-refractivity contribution is 9.10. The smallest absolute Gasteiger partial charge is 0.252 e. The standard InChI is InChI=1S/C14H16BrN5/c1-10(2)7-17-8-11-3-4-12(15)5-13(11)20-9-18-14(6-16)19-20/h3-5,9-10,17H,7-8H2,1-2H3. The number of nitrogens with zero attached hydrogens (tertiary/aromatic N) is 4. The number of hydrogen-bond donors (Lipinski definition) is 1. The molecule has 0 aliphatic rings. The molecule has 104 valence electrons. The van der Waals surface area contributed by atoms with Crippen molar-refractivity contribution in [3.8, 4) is 11.8 Å². The monoisotopic (exact) mass is 333 g/mol. The first-order chi connectivity index (χ1) is 9.60. The van der Waals surface area contributed by atoms with E-state index >= 15 is 0 Å². The molecule has 0 saturated heterocycles. The minimum atomic E-state index is 0.172. The van der Waals surface area contributed by atoms with Gasteiger partial charge in [-0.2, -0.15) is 5.26 Å². The lowest BCUT2D eigenvalue weighted by atomic mass is 10.1. The summed E-state index contributed by atoms with van der Waals surface area (Å²) in [5, 5.41) is 16.4. The zero-order valence-electron chi connectivity index (χ0n) is 11.5. The van der Waals surface area contributed by atoms with Gasteiger partial charge in [-0.05, 0) is 30.2 Å². The average Bonchev–Trinajstić information content (AvgIpc) is 2.88. The number of nitriles is 1. The van der Waals surface area contributed by atoms with Crippen molar-refractivity contribution >= 4 is 15.9 Å². The molecule has 20 heavy (non-hydrogen) atoms. The first-order valence-corrected chi connectivity index (χ1v) is 7.20. The molecule has 2 rings (SSSR count). The number of aromatic nitrogens is 3. The summed E-state index contributed by atoms with van der Waals surface area (Å²) in [5.74, 6) is 0.775. The summed E-state index contributed by atoms with van der Waals surface area (Å²) in [5.41, 5.74) is 2.04. The number of halogens is 1. The summed E-state index contributed by atoms with van der Waals surface area (Å²) >= 11 is 3.46. The lowest BCUT2D eigenvalue weighted by molar-refractivity contribution is 0.551. The summed E-state index contributed by atoms with van der Waals surface area (Å²) in [7, 11) is 0. The molecule has 0 saturated carbocycles. The van der Waals surface area contributed by atoms with Gasteiger partial charge in [0.25, 0.3) is 5.82 Å². The molecule has 0 aliphatic carbocycles. The third-order valence-electron chi connectivity index (χ3n) is 2.75. The Balaban J connectivity index is 2.26. The van der Waals surface area contributed by atoms with Crippen molar-refractivity contribution in [2.24, 2.45) is 5.92 Å². The molecule has 0 bridgehead atoms. The topological polar surface area (TPSA) is 66.5 Å². The summed E-state index contributed by atoms with van der Waals surface area (Å²) in [4.78, 5) is 3.95. The van der Waals surface area contributed by atoms with Crippen LogP contribution in [0.4, 0.5) is 0 Å². The Bertz CT molecular complexity index is 627. The van der Waals surface area contributed by atoms with E-state index in [4.69, 9.17) is 5.26 Å². The van der Waals surface area contributed by atoms with Crippen LogP contribution in [0.15, 0.2) is 29.0 Å². The molecular formula is C14H16BrN5. The predicted octanol–water partition coefficient (Wildman–Crippen LogP) is 2.65.